The van der Waals surface area contributed by atoms with Crippen LogP contribution in [0.4, 0.5) is 13.2 Å². The van der Waals surface area contributed by atoms with E-state index in [2.05, 4.69) is 14.1 Å². The van der Waals surface area contributed by atoms with Gasteiger partial charge in [-0.05, 0) is 0 Å². The van der Waals surface area contributed by atoms with Crippen LogP contribution in [0.15, 0.2) is 6.20 Å². The first-order valence-electron chi connectivity index (χ1n) is 4.97. The van der Waals surface area contributed by atoms with Crippen LogP contribution in [0.2, 0.25) is 0 Å². The van der Waals surface area contributed by atoms with E-state index in [-0.39, 0.29) is 0 Å². The minimum absolute atomic E-state index is 0.663. The van der Waals surface area contributed by atoms with Crippen molar-refractivity contribution in [3.05, 3.63) is 17.5 Å². The summed E-state index contributed by atoms with van der Waals surface area (Å²) in [7, 11) is -0.377. The molecule has 19 heavy (non-hydrogen) atoms. The molecule has 0 radical (unpaired) electrons. The number of halogens is 3. The number of nitrogens with zero attached hydrogens (tertiary/aromatic N) is 2. The second kappa shape index (κ2) is 5.44. The topological polar surface area (TPSA) is 70.4 Å². The number of rotatable bonds is 5. The first-order valence-corrected chi connectivity index (χ1v) is 6.70. The van der Waals surface area contributed by atoms with Crippen LogP contribution < -0.4 is 0 Å². The minimum atomic E-state index is -4.77. The van der Waals surface area contributed by atoms with E-state index in [1.807, 2.05) is 0 Å². The maximum absolute atomic E-state index is 12.7. The van der Waals surface area contributed by atoms with Gasteiger partial charge in [-0.2, -0.15) is 18.3 Å². The Morgan fingerprint density at radius 3 is 2.37 bits per heavy atom. The van der Waals surface area contributed by atoms with Crippen molar-refractivity contribution in [2.75, 3.05) is 20.4 Å². The number of ketones is 1. The molecule has 1 heterocycles. The first kappa shape index (κ1) is 15.9. The molecule has 0 aliphatic rings. The Morgan fingerprint density at radius 2 is 1.95 bits per heavy atom. The van der Waals surface area contributed by atoms with Crippen LogP contribution >= 0.6 is 7.60 Å². The van der Waals surface area contributed by atoms with E-state index in [1.165, 1.54) is 7.05 Å². The molecule has 6 nitrogen and oxygen atoms in total. The normalized spacial score (nSPS) is 12.7. The van der Waals surface area contributed by atoms with E-state index in [9.17, 15) is 22.5 Å². The first-order chi connectivity index (χ1) is 8.63. The summed E-state index contributed by atoms with van der Waals surface area (Å²) in [6, 6.07) is 0. The molecule has 0 aromatic carbocycles. The zero-order chi connectivity index (χ0) is 14.8. The van der Waals surface area contributed by atoms with Gasteiger partial charge in [-0.1, -0.05) is 0 Å². The Hall–Kier alpha value is -1.18. The molecule has 1 rings (SSSR count). The fourth-order valence-electron chi connectivity index (χ4n) is 1.37. The van der Waals surface area contributed by atoms with Crippen molar-refractivity contribution in [2.24, 2.45) is 7.05 Å². The van der Waals surface area contributed by atoms with E-state index in [4.69, 9.17) is 0 Å². The number of hydrogen-bond acceptors (Lipinski definition) is 5. The van der Waals surface area contributed by atoms with Crippen LogP contribution in [0.5, 0.6) is 0 Å². The van der Waals surface area contributed by atoms with Gasteiger partial charge in [-0.3, -0.25) is 14.0 Å². The van der Waals surface area contributed by atoms with Gasteiger partial charge in [0.2, 0.25) is 0 Å². The SMILES string of the molecule is COP(=O)(CC(=O)c1cn(C)nc1C(F)(F)F)OC. The maximum atomic E-state index is 12.7. The highest BCUT2D eigenvalue weighted by Gasteiger charge is 2.40. The Balaban J connectivity index is 3.11. The summed E-state index contributed by atoms with van der Waals surface area (Å²) in [6.45, 7) is 0. The second-order valence-corrected chi connectivity index (χ2v) is 5.89. The van der Waals surface area contributed by atoms with E-state index in [1.54, 1.807) is 0 Å². The number of hydrogen-bond donors (Lipinski definition) is 0. The third-order valence-electron chi connectivity index (χ3n) is 2.29. The Kier molecular flexibility index (Phi) is 4.54. The Labute approximate surface area is 107 Å². The molecular formula is C9H12F3N2O4P. The van der Waals surface area contributed by atoms with Crippen molar-refractivity contribution in [1.29, 1.82) is 0 Å². The highest BCUT2D eigenvalue weighted by molar-refractivity contribution is 7.54. The van der Waals surface area contributed by atoms with E-state index >= 15 is 0 Å². The lowest BCUT2D eigenvalue weighted by Crippen LogP contribution is -2.15. The van der Waals surface area contributed by atoms with Crippen molar-refractivity contribution in [3.63, 3.8) is 0 Å². The summed E-state index contributed by atoms with van der Waals surface area (Å²) in [5, 5.41) is 3.18. The monoisotopic (exact) mass is 300 g/mol. The molecule has 1 aromatic heterocycles. The van der Waals surface area contributed by atoms with Crippen LogP contribution in [0.25, 0.3) is 0 Å². The highest BCUT2D eigenvalue weighted by atomic mass is 31.2. The molecule has 0 aliphatic carbocycles. The van der Waals surface area contributed by atoms with Crippen molar-refractivity contribution < 1.29 is 31.6 Å². The van der Waals surface area contributed by atoms with E-state index < -0.39 is 37.0 Å². The molecule has 0 atom stereocenters. The van der Waals surface area contributed by atoms with Crippen molar-refractivity contribution in [1.82, 2.24) is 9.78 Å². The summed E-state index contributed by atoms with van der Waals surface area (Å²) in [5.74, 6) is -1.01. The van der Waals surface area contributed by atoms with Crippen LogP contribution in [-0.2, 0) is 26.8 Å². The average molecular weight is 300 g/mol. The molecule has 0 spiro atoms. The summed E-state index contributed by atoms with van der Waals surface area (Å²) >= 11 is 0. The molecule has 0 aliphatic heterocycles. The predicted octanol–water partition coefficient (Wildman–Crippen LogP) is 2.11. The molecule has 1 aromatic rings. The Bertz CT molecular complexity index is 518. The predicted molar refractivity (Wildman–Crippen MR) is 59.0 cm³/mol. The third kappa shape index (κ3) is 3.65. The smallest absolute Gasteiger partial charge is 0.312 e. The largest absolute Gasteiger partial charge is 0.435 e. The van der Waals surface area contributed by atoms with Gasteiger partial charge in [0.15, 0.2) is 11.5 Å². The van der Waals surface area contributed by atoms with Crippen molar-refractivity contribution in [3.8, 4) is 0 Å². The van der Waals surface area contributed by atoms with E-state index in [0.29, 0.717) is 0 Å². The van der Waals surface area contributed by atoms with Crippen LogP contribution in [0.1, 0.15) is 16.1 Å². The van der Waals surface area contributed by atoms with Gasteiger partial charge >= 0.3 is 13.8 Å². The Morgan fingerprint density at radius 1 is 1.42 bits per heavy atom. The molecule has 0 bridgehead atoms. The molecule has 10 heteroatoms. The molecule has 0 fully saturated rings. The summed E-state index contributed by atoms with van der Waals surface area (Å²) in [5.41, 5.74) is -1.98. The molecule has 0 saturated heterocycles. The van der Waals surface area contributed by atoms with Crippen LogP contribution in [0.3, 0.4) is 0 Å². The van der Waals surface area contributed by atoms with Crippen molar-refractivity contribution >= 4 is 13.4 Å². The van der Waals surface area contributed by atoms with Gasteiger partial charge in [0.25, 0.3) is 0 Å². The summed E-state index contributed by atoms with van der Waals surface area (Å²) in [6.07, 6.45) is -4.63. The number of carbonyl (C=O) groups excluding carboxylic acids is 1. The van der Waals surface area contributed by atoms with Crippen LogP contribution in [0, 0.1) is 0 Å². The van der Waals surface area contributed by atoms with Gasteiger partial charge in [0, 0.05) is 27.5 Å². The fraction of sp³-hybridized carbons (Fsp3) is 0.556. The lowest BCUT2D eigenvalue weighted by Gasteiger charge is -2.12. The zero-order valence-electron chi connectivity index (χ0n) is 10.4. The van der Waals surface area contributed by atoms with E-state index in [0.717, 1.165) is 25.1 Å². The number of aryl methyl sites for hydroxylation is 1. The summed E-state index contributed by atoms with van der Waals surface area (Å²) in [4.78, 5) is 11.8. The number of aromatic nitrogens is 2. The number of Topliss-reactive ketones (excluding diaryl/α,β-unsaturated/α-hetero) is 1. The second-order valence-electron chi connectivity index (χ2n) is 3.62. The van der Waals surface area contributed by atoms with Gasteiger partial charge in [0.1, 0.15) is 6.16 Å². The maximum Gasteiger partial charge on any atom is 0.435 e. The zero-order valence-corrected chi connectivity index (χ0v) is 11.3. The standard InChI is InChI=1S/C9H12F3N2O4P/c1-14-4-6(8(13-14)9(10,11)12)7(15)5-19(16,17-2)18-3/h4H,5H2,1-3H3. The molecule has 108 valence electrons. The van der Waals surface area contributed by atoms with Gasteiger partial charge in [-0.15, -0.1) is 0 Å². The molecular weight excluding hydrogens is 288 g/mol. The molecule has 0 N–H and O–H groups in total. The lowest BCUT2D eigenvalue weighted by atomic mass is 10.2. The van der Waals surface area contributed by atoms with Gasteiger partial charge < -0.3 is 9.05 Å². The average Bonchev–Trinajstić information content (AvgIpc) is 2.71. The van der Waals surface area contributed by atoms with Crippen LogP contribution in [-0.4, -0.2) is 35.9 Å². The molecule has 0 saturated carbocycles. The number of alkyl halides is 3. The highest BCUT2D eigenvalue weighted by Crippen LogP contribution is 2.47. The number of carbonyl (C=O) groups is 1. The molecule has 0 amide bonds. The van der Waals surface area contributed by atoms with Gasteiger partial charge in [-0.25, -0.2) is 0 Å². The summed E-state index contributed by atoms with van der Waals surface area (Å²) < 4.78 is 59.6. The lowest BCUT2D eigenvalue weighted by molar-refractivity contribution is -0.141. The van der Waals surface area contributed by atoms with Gasteiger partial charge in [0.05, 0.1) is 5.56 Å². The fourth-order valence-corrected chi connectivity index (χ4v) is 2.30. The molecule has 0 unspecified atom stereocenters. The van der Waals surface area contributed by atoms with Crippen molar-refractivity contribution in [2.45, 2.75) is 6.18 Å². The minimum Gasteiger partial charge on any atom is -0.312 e. The third-order valence-corrected chi connectivity index (χ3v) is 4.08. The quantitative estimate of drug-likeness (QED) is 0.615.